The molecule has 33 heavy (non-hydrogen) atoms. The zero-order valence-electron chi connectivity index (χ0n) is 19.3. The van der Waals surface area contributed by atoms with E-state index in [1.54, 1.807) is 50.5 Å². The van der Waals surface area contributed by atoms with Crippen molar-refractivity contribution in [3.8, 4) is 0 Å². The zero-order valence-corrected chi connectivity index (χ0v) is 20.2. The number of carbonyl (C=O) groups excluding carboxylic acids is 3. The molecule has 0 spiro atoms. The number of esters is 2. The molecule has 2 aromatic rings. The molecule has 0 atom stereocenters. The fourth-order valence-corrected chi connectivity index (χ4v) is 2.57. The van der Waals surface area contributed by atoms with Crippen molar-refractivity contribution < 1.29 is 46.3 Å². The molecule has 2 heterocycles. The quantitative estimate of drug-likeness (QED) is 0.179. The molecule has 0 aliphatic carbocycles. The van der Waals surface area contributed by atoms with E-state index in [0.29, 0.717) is 44.2 Å². The Balaban J connectivity index is 0.000000488. The lowest BCUT2D eigenvalue weighted by molar-refractivity contribution is -0.145. The van der Waals surface area contributed by atoms with Crippen LogP contribution >= 0.6 is 8.60 Å². The van der Waals surface area contributed by atoms with Crippen LogP contribution in [0, 0.1) is 0 Å². The van der Waals surface area contributed by atoms with Gasteiger partial charge in [-0.2, -0.15) is 0 Å². The molecule has 11 heteroatoms. The smallest absolute Gasteiger partial charge is 0.333 e. The van der Waals surface area contributed by atoms with Gasteiger partial charge in [0.05, 0.1) is 39.0 Å². The molecule has 0 aromatic carbocycles. The number of rotatable bonds is 12. The van der Waals surface area contributed by atoms with Crippen LogP contribution in [-0.4, -0.2) is 51.3 Å². The number of hydrogen-bond acceptors (Lipinski definition) is 10. The second kappa shape index (κ2) is 21.1. The van der Waals surface area contributed by atoms with Gasteiger partial charge in [-0.3, -0.25) is 4.79 Å². The standard InChI is InChI=1S/C9H10O3.C8H17O5P.C5H4O2/c1-2-11-9(10)6-5-8-4-3-7-12-8;1-4-10-8(9)7-13-14(11-5-2)12-6-3;6-4-5-2-1-3-7-5/h3-7H,2H2,1H3;4-7H2,1-3H3;1-4H/b6-5+;;. The van der Waals surface area contributed by atoms with Gasteiger partial charge in [0.2, 0.25) is 0 Å². The summed E-state index contributed by atoms with van der Waals surface area (Å²) in [5, 5.41) is 0. The first-order chi connectivity index (χ1) is 16.0. The maximum absolute atomic E-state index is 10.9. The van der Waals surface area contributed by atoms with E-state index >= 15 is 0 Å². The number of aldehydes is 1. The maximum atomic E-state index is 10.9. The monoisotopic (exact) mass is 486 g/mol. The van der Waals surface area contributed by atoms with Gasteiger partial charge < -0.3 is 31.9 Å². The lowest BCUT2D eigenvalue weighted by Gasteiger charge is -2.13. The van der Waals surface area contributed by atoms with Crippen molar-refractivity contribution in [2.75, 3.05) is 33.0 Å². The minimum Gasteiger partial charge on any atom is -0.465 e. The number of hydrogen-bond donors (Lipinski definition) is 0. The van der Waals surface area contributed by atoms with E-state index in [1.807, 2.05) is 13.8 Å². The summed E-state index contributed by atoms with van der Waals surface area (Å²) in [6.45, 7) is 8.78. The predicted molar refractivity (Wildman–Crippen MR) is 121 cm³/mol. The largest absolute Gasteiger partial charge is 0.465 e. The maximum Gasteiger partial charge on any atom is 0.333 e. The van der Waals surface area contributed by atoms with Crippen LogP contribution in [0.15, 0.2) is 51.7 Å². The van der Waals surface area contributed by atoms with E-state index in [1.165, 1.54) is 12.3 Å². The third-order valence-corrected chi connectivity index (χ3v) is 4.21. The van der Waals surface area contributed by atoms with E-state index in [4.69, 9.17) is 18.0 Å². The molecular formula is C22H31O10P. The fraction of sp³-hybridized carbons (Fsp3) is 0.409. The third kappa shape index (κ3) is 17.5. The van der Waals surface area contributed by atoms with Gasteiger partial charge in [0, 0.05) is 6.08 Å². The molecule has 0 saturated carbocycles. The van der Waals surface area contributed by atoms with E-state index < -0.39 is 14.6 Å². The highest BCUT2D eigenvalue weighted by atomic mass is 31.2. The van der Waals surface area contributed by atoms with Crippen LogP contribution in [0.25, 0.3) is 6.08 Å². The van der Waals surface area contributed by atoms with Crippen molar-refractivity contribution in [1.82, 2.24) is 0 Å². The number of furan rings is 2. The minimum absolute atomic E-state index is 0.125. The van der Waals surface area contributed by atoms with E-state index in [9.17, 15) is 14.4 Å². The minimum atomic E-state index is -1.40. The molecule has 0 saturated heterocycles. The Kier molecular flexibility index (Phi) is 19.3. The van der Waals surface area contributed by atoms with Crippen molar-refractivity contribution in [2.24, 2.45) is 0 Å². The Hall–Kier alpha value is -2.78. The fourth-order valence-electron chi connectivity index (χ4n) is 1.72. The molecule has 184 valence electrons. The Morgan fingerprint density at radius 2 is 1.42 bits per heavy atom. The summed E-state index contributed by atoms with van der Waals surface area (Å²) in [4.78, 5) is 31.5. The van der Waals surface area contributed by atoms with Gasteiger partial charge in [-0.15, -0.1) is 0 Å². The number of carbonyl (C=O) groups is 3. The lowest BCUT2D eigenvalue weighted by Crippen LogP contribution is -2.11. The molecule has 0 radical (unpaired) electrons. The van der Waals surface area contributed by atoms with Crippen molar-refractivity contribution in [3.63, 3.8) is 0 Å². The Labute approximate surface area is 194 Å². The summed E-state index contributed by atoms with van der Waals surface area (Å²) in [6, 6.07) is 6.79. The first kappa shape index (κ1) is 30.2. The topological polar surface area (TPSA) is 124 Å². The van der Waals surface area contributed by atoms with Gasteiger partial charge >= 0.3 is 20.5 Å². The van der Waals surface area contributed by atoms with Crippen molar-refractivity contribution >= 4 is 32.9 Å². The van der Waals surface area contributed by atoms with Gasteiger partial charge in [0.25, 0.3) is 0 Å². The van der Waals surface area contributed by atoms with Crippen molar-refractivity contribution in [3.05, 3.63) is 54.4 Å². The predicted octanol–water partition coefficient (Wildman–Crippen LogP) is 4.81. The van der Waals surface area contributed by atoms with Crippen LogP contribution < -0.4 is 0 Å². The average Bonchev–Trinajstić information content (AvgIpc) is 3.52. The summed E-state index contributed by atoms with van der Waals surface area (Å²) in [5.74, 6) is 0.261. The highest BCUT2D eigenvalue weighted by Gasteiger charge is 2.13. The molecular weight excluding hydrogens is 455 g/mol. The molecule has 0 aliphatic rings. The molecule has 2 aromatic heterocycles. The average molecular weight is 486 g/mol. The summed E-state index contributed by atoms with van der Waals surface area (Å²) in [7, 11) is -1.40. The summed E-state index contributed by atoms with van der Waals surface area (Å²) < 4.78 is 34.3. The molecule has 2 rings (SSSR count). The Morgan fingerprint density at radius 1 is 0.848 bits per heavy atom. The Morgan fingerprint density at radius 3 is 1.85 bits per heavy atom. The number of ether oxygens (including phenoxy) is 2. The van der Waals surface area contributed by atoms with E-state index in [-0.39, 0.29) is 12.6 Å². The molecule has 0 unspecified atom stereocenters. The van der Waals surface area contributed by atoms with Gasteiger partial charge in [-0.25, -0.2) is 9.59 Å². The van der Waals surface area contributed by atoms with Crippen LogP contribution in [0.4, 0.5) is 0 Å². The van der Waals surface area contributed by atoms with Gasteiger partial charge in [0.15, 0.2) is 18.7 Å². The second-order valence-electron chi connectivity index (χ2n) is 5.37. The lowest BCUT2D eigenvalue weighted by atomic mass is 10.4. The third-order valence-electron chi connectivity index (χ3n) is 2.93. The summed E-state index contributed by atoms with van der Waals surface area (Å²) >= 11 is 0. The van der Waals surface area contributed by atoms with Crippen LogP contribution in [0.1, 0.15) is 44.0 Å². The normalized spacial score (nSPS) is 10.1. The molecule has 0 aliphatic heterocycles. The van der Waals surface area contributed by atoms with Crippen LogP contribution in [0.3, 0.4) is 0 Å². The summed E-state index contributed by atoms with van der Waals surface area (Å²) in [6.07, 6.45) is 6.58. The van der Waals surface area contributed by atoms with Gasteiger partial charge in [0.1, 0.15) is 5.76 Å². The first-order valence-electron chi connectivity index (χ1n) is 10.2. The van der Waals surface area contributed by atoms with Crippen molar-refractivity contribution in [2.45, 2.75) is 27.7 Å². The van der Waals surface area contributed by atoms with Crippen LogP contribution in [-0.2, 0) is 32.6 Å². The molecule has 0 amide bonds. The SMILES string of the molecule is CCOC(=O)/C=C/c1ccco1.CCOC(=O)COP(OCC)OCC.O=Cc1ccco1. The molecule has 0 fully saturated rings. The highest BCUT2D eigenvalue weighted by Crippen LogP contribution is 2.38. The molecule has 10 nitrogen and oxygen atoms in total. The zero-order chi connectivity index (χ0) is 24.7. The van der Waals surface area contributed by atoms with Crippen LogP contribution in [0.5, 0.6) is 0 Å². The van der Waals surface area contributed by atoms with E-state index in [0.717, 1.165) is 0 Å². The molecule has 0 N–H and O–H groups in total. The second-order valence-corrected chi connectivity index (χ2v) is 6.59. The van der Waals surface area contributed by atoms with E-state index in [2.05, 4.69) is 13.9 Å². The molecule has 0 bridgehead atoms. The Bertz CT molecular complexity index is 750. The van der Waals surface area contributed by atoms with Gasteiger partial charge in [-0.1, -0.05) is 0 Å². The van der Waals surface area contributed by atoms with Crippen molar-refractivity contribution in [1.29, 1.82) is 0 Å². The summed E-state index contributed by atoms with van der Waals surface area (Å²) in [5.41, 5.74) is 0. The van der Waals surface area contributed by atoms with Crippen LogP contribution in [0.2, 0.25) is 0 Å². The van der Waals surface area contributed by atoms with Gasteiger partial charge in [-0.05, 0) is 58.0 Å². The first-order valence-corrected chi connectivity index (χ1v) is 11.3. The highest BCUT2D eigenvalue weighted by molar-refractivity contribution is 7.41.